The van der Waals surface area contributed by atoms with Crippen LogP contribution in [-0.4, -0.2) is 19.2 Å². The lowest BCUT2D eigenvalue weighted by Gasteiger charge is -2.14. The van der Waals surface area contributed by atoms with Crippen LogP contribution in [0.1, 0.15) is 13.3 Å². The van der Waals surface area contributed by atoms with Gasteiger partial charge in [-0.3, -0.25) is 10.3 Å². The molecule has 0 aliphatic rings. The third-order valence-electron chi connectivity index (χ3n) is 1.93. The van der Waals surface area contributed by atoms with Gasteiger partial charge in [-0.2, -0.15) is 8.42 Å². The maximum absolute atomic E-state index is 11.1. The van der Waals surface area contributed by atoms with Crippen molar-refractivity contribution in [1.29, 1.82) is 0 Å². The zero-order valence-corrected chi connectivity index (χ0v) is 9.57. The molecule has 0 unspecified atom stereocenters. The Morgan fingerprint density at radius 3 is 2.62 bits per heavy atom. The van der Waals surface area contributed by atoms with E-state index in [0.717, 1.165) is 6.07 Å². The van der Waals surface area contributed by atoms with Crippen molar-refractivity contribution in [3.63, 3.8) is 0 Å². The highest BCUT2D eigenvalue weighted by Crippen LogP contribution is 2.26. The smallest absolute Gasteiger partial charge is 0.298 e. The van der Waals surface area contributed by atoms with Crippen LogP contribution in [0.2, 0.25) is 0 Å². The molecule has 0 saturated heterocycles. The Morgan fingerprint density at radius 1 is 1.50 bits per heavy atom. The fourth-order valence-corrected chi connectivity index (χ4v) is 1.73. The van der Waals surface area contributed by atoms with Gasteiger partial charge in [-0.05, 0) is 24.6 Å². The summed E-state index contributed by atoms with van der Waals surface area (Å²) in [5.41, 5.74) is 11.2. The van der Waals surface area contributed by atoms with E-state index in [4.69, 9.17) is 20.8 Å². The van der Waals surface area contributed by atoms with Crippen LogP contribution in [0.15, 0.2) is 23.1 Å². The lowest BCUT2D eigenvalue weighted by molar-refractivity contribution is 0.199. The van der Waals surface area contributed by atoms with Crippen molar-refractivity contribution in [2.24, 2.45) is 5.73 Å². The van der Waals surface area contributed by atoms with E-state index in [1.807, 2.05) is 0 Å². The molecule has 0 bridgehead atoms. The van der Waals surface area contributed by atoms with Crippen molar-refractivity contribution in [3.8, 4) is 5.75 Å². The molecule has 0 aliphatic heterocycles. The van der Waals surface area contributed by atoms with Crippen LogP contribution >= 0.6 is 0 Å². The molecule has 0 spiro atoms. The number of rotatable bonds is 4. The predicted molar refractivity (Wildman–Crippen MR) is 59.6 cm³/mol. The summed E-state index contributed by atoms with van der Waals surface area (Å²) in [6.45, 7) is 1.79. The molecule has 0 amide bonds. The van der Waals surface area contributed by atoms with Gasteiger partial charge in [0.05, 0.1) is 0 Å². The Bertz CT molecular complexity index is 472. The molecule has 5 N–H and O–H groups in total. The van der Waals surface area contributed by atoms with Crippen LogP contribution in [0, 0.1) is 0 Å². The summed E-state index contributed by atoms with van der Waals surface area (Å²) in [5.74, 6) is -0.00829. The van der Waals surface area contributed by atoms with Crippen LogP contribution in [0.3, 0.4) is 0 Å². The number of nitrogen functional groups attached to an aromatic ring is 1. The molecule has 0 fully saturated rings. The van der Waals surface area contributed by atoms with Crippen molar-refractivity contribution < 1.29 is 17.7 Å². The van der Waals surface area contributed by atoms with E-state index in [1.54, 1.807) is 6.92 Å². The summed E-state index contributed by atoms with van der Waals surface area (Å²) in [4.78, 5) is -0.378. The molecule has 90 valence electrons. The normalized spacial score (nSPS) is 13.4. The molecule has 6 nitrogen and oxygen atoms in total. The monoisotopic (exact) mass is 246 g/mol. The lowest BCUT2D eigenvalue weighted by Crippen LogP contribution is -2.26. The maximum atomic E-state index is 11.1. The van der Waals surface area contributed by atoms with E-state index >= 15 is 0 Å². The second-order valence-corrected chi connectivity index (χ2v) is 4.64. The van der Waals surface area contributed by atoms with E-state index in [-0.39, 0.29) is 16.3 Å². The van der Waals surface area contributed by atoms with Crippen molar-refractivity contribution in [1.82, 2.24) is 0 Å². The Kier molecular flexibility index (Phi) is 3.74. The highest BCUT2D eigenvalue weighted by atomic mass is 32.2. The highest BCUT2D eigenvalue weighted by Gasteiger charge is 2.18. The van der Waals surface area contributed by atoms with Gasteiger partial charge in [0, 0.05) is 5.69 Å². The van der Waals surface area contributed by atoms with Gasteiger partial charge in [0.2, 0.25) is 0 Å². The molecule has 0 heterocycles. The molecule has 1 rings (SSSR count). The van der Waals surface area contributed by atoms with Gasteiger partial charge in [-0.25, -0.2) is 0 Å². The molecule has 0 radical (unpaired) electrons. The van der Waals surface area contributed by atoms with Crippen molar-refractivity contribution in [3.05, 3.63) is 18.2 Å². The van der Waals surface area contributed by atoms with E-state index in [1.165, 1.54) is 12.1 Å². The molecular weight excluding hydrogens is 232 g/mol. The number of nitrogens with two attached hydrogens (primary N) is 2. The second kappa shape index (κ2) is 4.69. The average molecular weight is 246 g/mol. The SMILES string of the molecule is CC[C@H](N)Oc1ccc(N)cc1S(=O)(=O)O. The Balaban J connectivity index is 3.19. The summed E-state index contributed by atoms with van der Waals surface area (Å²) in [5, 5.41) is 0. The second-order valence-electron chi connectivity index (χ2n) is 3.25. The van der Waals surface area contributed by atoms with E-state index in [9.17, 15) is 8.42 Å². The standard InChI is InChI=1S/C9H14N2O4S/c1-2-9(11)15-7-4-3-6(10)5-8(7)16(12,13)14/h3-5,9H,2,10-11H2,1H3,(H,12,13,14)/t9-/m1/s1. The maximum Gasteiger partial charge on any atom is 0.298 e. The minimum absolute atomic E-state index is 0.00829. The van der Waals surface area contributed by atoms with Crippen molar-refractivity contribution >= 4 is 15.8 Å². The summed E-state index contributed by atoms with van der Waals surface area (Å²) in [6.07, 6.45) is -0.126. The number of ether oxygens (including phenoxy) is 1. The molecule has 0 aromatic heterocycles. The van der Waals surface area contributed by atoms with Gasteiger partial charge in [0.15, 0.2) is 0 Å². The van der Waals surface area contributed by atoms with Crippen molar-refractivity contribution in [2.45, 2.75) is 24.5 Å². The zero-order valence-electron chi connectivity index (χ0n) is 8.75. The van der Waals surface area contributed by atoms with Gasteiger partial charge in [-0.15, -0.1) is 0 Å². The minimum Gasteiger partial charge on any atom is -0.474 e. The molecule has 1 atom stereocenters. The number of hydrogen-bond acceptors (Lipinski definition) is 5. The molecule has 0 saturated carbocycles. The summed E-state index contributed by atoms with van der Waals surface area (Å²) in [7, 11) is -4.37. The first-order valence-electron chi connectivity index (χ1n) is 4.64. The predicted octanol–water partition coefficient (Wildman–Crippen LogP) is 0.589. The van der Waals surface area contributed by atoms with Crippen LogP contribution in [-0.2, 0) is 10.1 Å². The molecule has 16 heavy (non-hydrogen) atoms. The fraction of sp³-hybridized carbons (Fsp3) is 0.333. The third kappa shape index (κ3) is 3.09. The first kappa shape index (κ1) is 12.8. The topological polar surface area (TPSA) is 116 Å². The van der Waals surface area contributed by atoms with Crippen LogP contribution in [0.5, 0.6) is 5.75 Å². The van der Waals surface area contributed by atoms with E-state index in [0.29, 0.717) is 6.42 Å². The third-order valence-corrected chi connectivity index (χ3v) is 2.80. The number of anilines is 1. The van der Waals surface area contributed by atoms with Gasteiger partial charge >= 0.3 is 0 Å². The Labute approximate surface area is 93.9 Å². The molecular formula is C9H14N2O4S. The first-order valence-corrected chi connectivity index (χ1v) is 6.08. The van der Waals surface area contributed by atoms with Gasteiger partial charge in [0.25, 0.3) is 10.1 Å². The first-order chi connectivity index (χ1) is 7.34. The van der Waals surface area contributed by atoms with Crippen LogP contribution in [0.25, 0.3) is 0 Å². The highest BCUT2D eigenvalue weighted by molar-refractivity contribution is 7.86. The van der Waals surface area contributed by atoms with Crippen LogP contribution < -0.4 is 16.2 Å². The molecule has 7 heteroatoms. The lowest BCUT2D eigenvalue weighted by atomic mass is 10.3. The van der Waals surface area contributed by atoms with Gasteiger partial charge in [0.1, 0.15) is 16.9 Å². The van der Waals surface area contributed by atoms with Crippen LogP contribution in [0.4, 0.5) is 5.69 Å². The van der Waals surface area contributed by atoms with Gasteiger partial charge < -0.3 is 10.5 Å². The zero-order chi connectivity index (χ0) is 12.3. The number of hydrogen-bond donors (Lipinski definition) is 3. The molecule has 1 aromatic carbocycles. The molecule has 0 aliphatic carbocycles. The van der Waals surface area contributed by atoms with E-state index < -0.39 is 16.3 Å². The largest absolute Gasteiger partial charge is 0.474 e. The van der Waals surface area contributed by atoms with Crippen molar-refractivity contribution in [2.75, 3.05) is 5.73 Å². The quantitative estimate of drug-likeness (QED) is 0.407. The summed E-state index contributed by atoms with van der Waals surface area (Å²) in [6, 6.07) is 3.94. The van der Waals surface area contributed by atoms with Gasteiger partial charge in [-0.1, -0.05) is 6.92 Å². The average Bonchev–Trinajstić information content (AvgIpc) is 2.19. The Morgan fingerprint density at radius 2 is 2.12 bits per heavy atom. The number of benzene rings is 1. The Hall–Kier alpha value is -1.31. The molecule has 1 aromatic rings. The summed E-state index contributed by atoms with van der Waals surface area (Å²) >= 11 is 0. The minimum atomic E-state index is -4.37. The van der Waals surface area contributed by atoms with E-state index in [2.05, 4.69) is 0 Å². The summed E-state index contributed by atoms with van der Waals surface area (Å²) < 4.78 is 36.2. The fourth-order valence-electron chi connectivity index (χ4n) is 1.07.